The third-order valence-electron chi connectivity index (χ3n) is 3.24. The molecule has 3 aromatic rings. The molecular formula is C16H14Cl2N6OS. The lowest BCUT2D eigenvalue weighted by Crippen LogP contribution is -2.28. The number of carbonyl (C=O) groups excluding carboxylic acids is 1. The fourth-order valence-electron chi connectivity index (χ4n) is 2.03. The Balaban J connectivity index is 1.43. The Bertz CT molecular complexity index is 872. The summed E-state index contributed by atoms with van der Waals surface area (Å²) in [6.45, 7) is 0.897. The summed E-state index contributed by atoms with van der Waals surface area (Å²) in [4.78, 5) is 15.9. The molecule has 134 valence electrons. The summed E-state index contributed by atoms with van der Waals surface area (Å²) < 4.78 is 0.859. The number of halogens is 2. The van der Waals surface area contributed by atoms with Gasteiger partial charge in [-0.25, -0.2) is 0 Å². The highest BCUT2D eigenvalue weighted by molar-refractivity contribution is 7.20. The van der Waals surface area contributed by atoms with Gasteiger partial charge in [0.15, 0.2) is 5.82 Å². The van der Waals surface area contributed by atoms with Crippen LogP contribution in [0.1, 0.15) is 10.4 Å². The number of anilines is 3. The molecule has 0 fully saturated rings. The van der Waals surface area contributed by atoms with Crippen molar-refractivity contribution in [3.05, 3.63) is 57.0 Å². The van der Waals surface area contributed by atoms with Crippen LogP contribution in [-0.4, -0.2) is 34.2 Å². The Morgan fingerprint density at radius 2 is 1.77 bits per heavy atom. The highest BCUT2D eigenvalue weighted by Gasteiger charge is 2.13. The number of aromatic nitrogens is 3. The lowest BCUT2D eigenvalue weighted by Gasteiger charge is -2.08. The van der Waals surface area contributed by atoms with E-state index in [0.29, 0.717) is 39.0 Å². The molecule has 0 aliphatic heterocycles. The molecule has 1 amide bonds. The largest absolute Gasteiger partial charge is 0.367 e. The molecule has 7 nitrogen and oxygen atoms in total. The molecule has 10 heteroatoms. The smallest absolute Gasteiger partial charge is 0.253 e. The number of hydrogen-bond acceptors (Lipinski definition) is 7. The molecule has 0 aromatic carbocycles. The van der Waals surface area contributed by atoms with E-state index >= 15 is 0 Å². The Labute approximate surface area is 163 Å². The molecule has 3 N–H and O–H groups in total. The van der Waals surface area contributed by atoms with Gasteiger partial charge in [-0.15, -0.1) is 21.5 Å². The molecule has 0 radical (unpaired) electrons. The average Bonchev–Trinajstić information content (AvgIpc) is 2.99. The van der Waals surface area contributed by atoms with E-state index in [1.165, 1.54) is 0 Å². The first-order valence-corrected chi connectivity index (χ1v) is 9.17. The van der Waals surface area contributed by atoms with E-state index in [0.717, 1.165) is 17.0 Å². The van der Waals surface area contributed by atoms with Gasteiger partial charge in [0.05, 0.1) is 9.90 Å². The van der Waals surface area contributed by atoms with Crippen molar-refractivity contribution in [3.63, 3.8) is 0 Å². The molecule has 3 aromatic heterocycles. The van der Waals surface area contributed by atoms with Crippen LogP contribution in [0.25, 0.3) is 0 Å². The van der Waals surface area contributed by atoms with E-state index in [2.05, 4.69) is 31.1 Å². The van der Waals surface area contributed by atoms with Crippen LogP contribution < -0.4 is 16.0 Å². The summed E-state index contributed by atoms with van der Waals surface area (Å²) in [5, 5.41) is 17.1. The van der Waals surface area contributed by atoms with Gasteiger partial charge < -0.3 is 16.0 Å². The maximum absolute atomic E-state index is 12.0. The number of hydrogen-bond donors (Lipinski definition) is 3. The van der Waals surface area contributed by atoms with Crippen molar-refractivity contribution < 1.29 is 4.79 Å². The summed E-state index contributed by atoms with van der Waals surface area (Å²) in [7, 11) is 0. The molecule has 0 atom stereocenters. The van der Waals surface area contributed by atoms with Crippen molar-refractivity contribution in [2.24, 2.45) is 0 Å². The predicted octanol–water partition coefficient (Wildman–Crippen LogP) is 3.83. The minimum absolute atomic E-state index is 0.261. The fraction of sp³-hybridized carbons (Fsp3) is 0.125. The molecule has 0 spiro atoms. The number of carbonyl (C=O) groups is 1. The van der Waals surface area contributed by atoms with E-state index < -0.39 is 0 Å². The third kappa shape index (κ3) is 5.04. The van der Waals surface area contributed by atoms with Crippen LogP contribution in [0.15, 0.2) is 42.7 Å². The summed E-state index contributed by atoms with van der Waals surface area (Å²) >= 11 is 12.9. The van der Waals surface area contributed by atoms with Crippen LogP contribution in [0, 0.1) is 0 Å². The number of nitrogens with one attached hydrogen (secondary N) is 3. The standard InChI is InChI=1S/C16H14Cl2N6OS/c17-12-9-11(15(18)26-12)16(25)21-8-7-20-13-1-2-14(24-23-13)22-10-3-5-19-6-4-10/h1-6,9H,7-8H2,(H,20,23)(H,21,25)(H,19,22,24). The van der Waals surface area contributed by atoms with Crippen molar-refractivity contribution in [1.29, 1.82) is 0 Å². The van der Waals surface area contributed by atoms with Gasteiger partial charge in [-0.3, -0.25) is 9.78 Å². The number of pyridine rings is 1. The van der Waals surface area contributed by atoms with Crippen LogP contribution in [0.2, 0.25) is 8.67 Å². The molecule has 0 aliphatic rings. The minimum atomic E-state index is -0.261. The lowest BCUT2D eigenvalue weighted by atomic mass is 10.3. The molecule has 0 bridgehead atoms. The van der Waals surface area contributed by atoms with Crippen molar-refractivity contribution in [1.82, 2.24) is 20.5 Å². The second-order valence-electron chi connectivity index (χ2n) is 5.09. The van der Waals surface area contributed by atoms with Crippen LogP contribution in [-0.2, 0) is 0 Å². The maximum atomic E-state index is 12.0. The van der Waals surface area contributed by atoms with Gasteiger partial charge in [-0.2, -0.15) is 0 Å². The molecule has 0 saturated heterocycles. The fourth-order valence-corrected chi connectivity index (χ4v) is 3.49. The number of rotatable bonds is 7. The Morgan fingerprint density at radius 1 is 1.04 bits per heavy atom. The topological polar surface area (TPSA) is 91.8 Å². The molecule has 0 saturated carbocycles. The van der Waals surface area contributed by atoms with E-state index in [9.17, 15) is 4.79 Å². The summed E-state index contributed by atoms with van der Waals surface area (Å²) in [6, 6.07) is 8.83. The number of thiophene rings is 1. The van der Waals surface area contributed by atoms with Crippen LogP contribution >= 0.6 is 34.5 Å². The van der Waals surface area contributed by atoms with Crippen LogP contribution in [0.4, 0.5) is 17.3 Å². The first kappa shape index (κ1) is 18.4. The predicted molar refractivity (Wildman–Crippen MR) is 105 cm³/mol. The van der Waals surface area contributed by atoms with Crippen LogP contribution in [0.5, 0.6) is 0 Å². The van der Waals surface area contributed by atoms with Gasteiger partial charge in [-0.05, 0) is 30.3 Å². The zero-order chi connectivity index (χ0) is 18.4. The Kier molecular flexibility index (Phi) is 6.21. The molecule has 0 aliphatic carbocycles. The molecular weight excluding hydrogens is 395 g/mol. The molecule has 26 heavy (non-hydrogen) atoms. The third-order valence-corrected chi connectivity index (χ3v) is 4.72. The van der Waals surface area contributed by atoms with Crippen molar-refractivity contribution >= 4 is 57.8 Å². The number of amides is 1. The maximum Gasteiger partial charge on any atom is 0.253 e. The van der Waals surface area contributed by atoms with E-state index in [4.69, 9.17) is 23.2 Å². The van der Waals surface area contributed by atoms with Crippen LogP contribution in [0.3, 0.4) is 0 Å². The quantitative estimate of drug-likeness (QED) is 0.514. The Hall–Kier alpha value is -2.42. The van der Waals surface area contributed by atoms with E-state index in [-0.39, 0.29) is 5.91 Å². The monoisotopic (exact) mass is 408 g/mol. The van der Waals surface area contributed by atoms with Gasteiger partial charge in [0.25, 0.3) is 5.91 Å². The van der Waals surface area contributed by atoms with Crippen molar-refractivity contribution in [2.75, 3.05) is 23.7 Å². The minimum Gasteiger partial charge on any atom is -0.367 e. The second kappa shape index (κ2) is 8.79. The molecule has 0 unspecified atom stereocenters. The molecule has 3 heterocycles. The lowest BCUT2D eigenvalue weighted by molar-refractivity contribution is 0.0956. The first-order valence-electron chi connectivity index (χ1n) is 7.59. The first-order chi connectivity index (χ1) is 12.6. The number of nitrogens with zero attached hydrogens (tertiary/aromatic N) is 3. The summed E-state index contributed by atoms with van der Waals surface area (Å²) in [5.74, 6) is 0.970. The van der Waals surface area contributed by atoms with E-state index in [1.54, 1.807) is 24.5 Å². The Morgan fingerprint density at radius 3 is 2.42 bits per heavy atom. The van der Waals surface area contributed by atoms with Crippen molar-refractivity contribution in [2.45, 2.75) is 0 Å². The summed E-state index contributed by atoms with van der Waals surface area (Å²) in [6.07, 6.45) is 3.38. The zero-order valence-corrected chi connectivity index (χ0v) is 15.7. The van der Waals surface area contributed by atoms with Gasteiger partial charge in [0, 0.05) is 31.2 Å². The highest BCUT2D eigenvalue weighted by Crippen LogP contribution is 2.30. The van der Waals surface area contributed by atoms with Crippen molar-refractivity contribution in [3.8, 4) is 0 Å². The SMILES string of the molecule is O=C(NCCNc1ccc(Nc2ccncc2)nn1)c1cc(Cl)sc1Cl. The van der Waals surface area contributed by atoms with Gasteiger partial charge in [0.2, 0.25) is 0 Å². The van der Waals surface area contributed by atoms with Gasteiger partial charge in [-0.1, -0.05) is 23.2 Å². The molecule has 3 rings (SSSR count). The van der Waals surface area contributed by atoms with Gasteiger partial charge >= 0.3 is 0 Å². The summed E-state index contributed by atoms with van der Waals surface area (Å²) in [5.41, 5.74) is 1.26. The van der Waals surface area contributed by atoms with Gasteiger partial charge in [0.1, 0.15) is 10.2 Å². The normalized spacial score (nSPS) is 10.4. The zero-order valence-electron chi connectivity index (χ0n) is 13.4. The van der Waals surface area contributed by atoms with E-state index in [1.807, 2.05) is 18.2 Å². The second-order valence-corrected chi connectivity index (χ2v) is 7.37. The average molecular weight is 409 g/mol. The highest BCUT2D eigenvalue weighted by atomic mass is 35.5.